The molecule has 1 aromatic rings. The van der Waals surface area contributed by atoms with E-state index in [9.17, 15) is 5.11 Å². The van der Waals surface area contributed by atoms with Gasteiger partial charge in [-0.1, -0.05) is 37.6 Å². The molecule has 0 aliphatic carbocycles. The number of aliphatic hydroxyl groups excluding tert-OH is 1. The van der Waals surface area contributed by atoms with Crippen molar-refractivity contribution in [3.8, 4) is 0 Å². The number of aryl methyl sites for hydroxylation is 3. The Bertz CT molecular complexity index is 414. The maximum atomic E-state index is 10.7. The largest absolute Gasteiger partial charge is 0.387 e. The third-order valence-electron chi connectivity index (χ3n) is 3.59. The zero-order chi connectivity index (χ0) is 14.6. The molecule has 0 saturated carbocycles. The lowest BCUT2D eigenvalue weighted by molar-refractivity contribution is 0.106. The van der Waals surface area contributed by atoms with Crippen molar-refractivity contribution in [2.45, 2.75) is 46.8 Å². The van der Waals surface area contributed by atoms with Crippen molar-refractivity contribution in [1.82, 2.24) is 5.32 Å². The van der Waals surface area contributed by atoms with Gasteiger partial charge in [-0.05, 0) is 43.4 Å². The SMILES string of the molecule is C=CCNC(C(C)C)C(O)c1c(C)cc(C)cc1C. The van der Waals surface area contributed by atoms with E-state index in [4.69, 9.17) is 0 Å². The molecule has 0 amide bonds. The Morgan fingerprint density at radius 1 is 1.21 bits per heavy atom. The highest BCUT2D eigenvalue weighted by atomic mass is 16.3. The molecule has 2 heteroatoms. The first kappa shape index (κ1) is 15.9. The van der Waals surface area contributed by atoms with E-state index < -0.39 is 6.10 Å². The number of rotatable bonds is 6. The van der Waals surface area contributed by atoms with Gasteiger partial charge in [-0.3, -0.25) is 0 Å². The zero-order valence-electron chi connectivity index (χ0n) is 12.8. The Kier molecular flexibility index (Phi) is 5.77. The van der Waals surface area contributed by atoms with E-state index in [1.165, 1.54) is 5.56 Å². The van der Waals surface area contributed by atoms with Gasteiger partial charge in [-0.15, -0.1) is 6.58 Å². The fourth-order valence-corrected chi connectivity index (χ4v) is 2.77. The Balaban J connectivity index is 3.08. The third kappa shape index (κ3) is 3.92. The van der Waals surface area contributed by atoms with Gasteiger partial charge in [0.25, 0.3) is 0 Å². The molecule has 0 spiro atoms. The molecular formula is C17H27NO. The molecule has 0 radical (unpaired) electrons. The molecular weight excluding hydrogens is 234 g/mol. The van der Waals surface area contributed by atoms with Gasteiger partial charge in [0.1, 0.15) is 0 Å². The highest BCUT2D eigenvalue weighted by Crippen LogP contribution is 2.28. The van der Waals surface area contributed by atoms with E-state index in [0.29, 0.717) is 12.5 Å². The van der Waals surface area contributed by atoms with Crippen LogP contribution in [0.1, 0.15) is 42.2 Å². The first-order valence-corrected chi connectivity index (χ1v) is 6.98. The van der Waals surface area contributed by atoms with Gasteiger partial charge in [-0.2, -0.15) is 0 Å². The standard InChI is InChI=1S/C17H27NO/c1-7-8-18-16(11(2)3)17(19)15-13(5)9-12(4)10-14(15)6/h7,9-11,16-19H,1,8H2,2-6H3. The average molecular weight is 261 g/mol. The number of aliphatic hydroxyl groups is 1. The fourth-order valence-electron chi connectivity index (χ4n) is 2.77. The number of benzene rings is 1. The average Bonchev–Trinajstić information content (AvgIpc) is 2.27. The predicted molar refractivity (Wildman–Crippen MR) is 82.4 cm³/mol. The van der Waals surface area contributed by atoms with Gasteiger partial charge < -0.3 is 10.4 Å². The van der Waals surface area contributed by atoms with Crippen LogP contribution in [0.3, 0.4) is 0 Å². The molecule has 0 aliphatic rings. The molecule has 0 heterocycles. The van der Waals surface area contributed by atoms with Gasteiger partial charge in [0.05, 0.1) is 6.10 Å². The van der Waals surface area contributed by atoms with E-state index in [-0.39, 0.29) is 6.04 Å². The van der Waals surface area contributed by atoms with E-state index in [2.05, 4.69) is 58.6 Å². The molecule has 0 bridgehead atoms. The van der Waals surface area contributed by atoms with Crippen molar-refractivity contribution in [2.24, 2.45) is 5.92 Å². The van der Waals surface area contributed by atoms with Gasteiger partial charge in [0.15, 0.2) is 0 Å². The van der Waals surface area contributed by atoms with Crippen molar-refractivity contribution in [1.29, 1.82) is 0 Å². The van der Waals surface area contributed by atoms with Gasteiger partial charge >= 0.3 is 0 Å². The Morgan fingerprint density at radius 2 is 1.74 bits per heavy atom. The van der Waals surface area contributed by atoms with E-state index in [0.717, 1.165) is 16.7 Å². The van der Waals surface area contributed by atoms with Crippen molar-refractivity contribution in [3.63, 3.8) is 0 Å². The molecule has 2 N–H and O–H groups in total. The molecule has 2 nitrogen and oxygen atoms in total. The molecule has 2 atom stereocenters. The molecule has 0 aliphatic heterocycles. The summed E-state index contributed by atoms with van der Waals surface area (Å²) in [6.07, 6.45) is 1.34. The summed E-state index contributed by atoms with van der Waals surface area (Å²) in [6, 6.07) is 4.31. The zero-order valence-corrected chi connectivity index (χ0v) is 12.8. The van der Waals surface area contributed by atoms with Crippen LogP contribution in [0.4, 0.5) is 0 Å². The van der Waals surface area contributed by atoms with Crippen LogP contribution >= 0.6 is 0 Å². The second kappa shape index (κ2) is 6.88. The third-order valence-corrected chi connectivity index (χ3v) is 3.59. The fraction of sp³-hybridized carbons (Fsp3) is 0.529. The lowest BCUT2D eigenvalue weighted by atomic mass is 9.87. The Morgan fingerprint density at radius 3 is 2.16 bits per heavy atom. The quantitative estimate of drug-likeness (QED) is 0.769. The summed E-state index contributed by atoms with van der Waals surface area (Å²) in [6.45, 7) is 14.9. The minimum Gasteiger partial charge on any atom is -0.387 e. The van der Waals surface area contributed by atoms with Crippen molar-refractivity contribution < 1.29 is 5.11 Å². The van der Waals surface area contributed by atoms with Gasteiger partial charge in [-0.25, -0.2) is 0 Å². The molecule has 0 fully saturated rings. The molecule has 0 aromatic heterocycles. The summed E-state index contributed by atoms with van der Waals surface area (Å²) in [4.78, 5) is 0. The molecule has 0 saturated heterocycles. The summed E-state index contributed by atoms with van der Waals surface area (Å²) in [7, 11) is 0. The van der Waals surface area contributed by atoms with Crippen LogP contribution < -0.4 is 5.32 Å². The predicted octanol–water partition coefficient (Wildman–Crippen LogP) is 3.45. The summed E-state index contributed by atoms with van der Waals surface area (Å²) < 4.78 is 0. The van der Waals surface area contributed by atoms with Gasteiger partial charge in [0.2, 0.25) is 0 Å². The topological polar surface area (TPSA) is 32.3 Å². The van der Waals surface area contributed by atoms with E-state index in [1.54, 1.807) is 0 Å². The van der Waals surface area contributed by atoms with Crippen molar-refractivity contribution in [2.75, 3.05) is 6.54 Å². The van der Waals surface area contributed by atoms with Crippen LogP contribution in [0.2, 0.25) is 0 Å². The van der Waals surface area contributed by atoms with Crippen LogP contribution in [-0.2, 0) is 0 Å². The summed E-state index contributed by atoms with van der Waals surface area (Å²) in [5.74, 6) is 0.357. The minimum atomic E-state index is -0.486. The normalized spacial score (nSPS) is 14.5. The molecule has 106 valence electrons. The number of hydrogen-bond acceptors (Lipinski definition) is 2. The van der Waals surface area contributed by atoms with Crippen molar-refractivity contribution in [3.05, 3.63) is 47.0 Å². The summed E-state index contributed by atoms with van der Waals surface area (Å²) in [5.41, 5.74) is 4.62. The monoisotopic (exact) mass is 261 g/mol. The maximum absolute atomic E-state index is 10.7. The smallest absolute Gasteiger partial charge is 0.0950 e. The highest BCUT2D eigenvalue weighted by molar-refractivity contribution is 5.39. The summed E-state index contributed by atoms with van der Waals surface area (Å²) in [5, 5.41) is 14.1. The van der Waals surface area contributed by atoms with Gasteiger partial charge in [0, 0.05) is 12.6 Å². The first-order chi connectivity index (χ1) is 8.88. The number of hydrogen-bond donors (Lipinski definition) is 2. The van der Waals surface area contributed by atoms with Crippen LogP contribution in [0, 0.1) is 26.7 Å². The lowest BCUT2D eigenvalue weighted by Crippen LogP contribution is -2.39. The second-order valence-corrected chi connectivity index (χ2v) is 5.72. The molecule has 2 unspecified atom stereocenters. The minimum absolute atomic E-state index is 0.0399. The number of nitrogens with one attached hydrogen (secondary N) is 1. The Hall–Kier alpha value is -1.12. The van der Waals surface area contributed by atoms with Crippen molar-refractivity contribution >= 4 is 0 Å². The molecule has 1 aromatic carbocycles. The Labute approximate surface area is 117 Å². The van der Waals surface area contributed by atoms with Crippen LogP contribution in [-0.4, -0.2) is 17.7 Å². The first-order valence-electron chi connectivity index (χ1n) is 6.98. The van der Waals surface area contributed by atoms with E-state index >= 15 is 0 Å². The lowest BCUT2D eigenvalue weighted by Gasteiger charge is -2.29. The van der Waals surface area contributed by atoms with Crippen LogP contribution in [0.25, 0.3) is 0 Å². The molecule has 1 rings (SSSR count). The van der Waals surface area contributed by atoms with Crippen LogP contribution in [0.15, 0.2) is 24.8 Å². The maximum Gasteiger partial charge on any atom is 0.0950 e. The second-order valence-electron chi connectivity index (χ2n) is 5.72. The highest BCUT2D eigenvalue weighted by Gasteiger charge is 2.25. The molecule has 19 heavy (non-hydrogen) atoms. The van der Waals surface area contributed by atoms with E-state index in [1.807, 2.05) is 6.08 Å². The summed E-state index contributed by atoms with van der Waals surface area (Å²) >= 11 is 0. The van der Waals surface area contributed by atoms with Crippen LogP contribution in [0.5, 0.6) is 0 Å².